The molecule has 0 radical (unpaired) electrons. The van der Waals surface area contributed by atoms with E-state index in [-0.39, 0.29) is 5.91 Å². The van der Waals surface area contributed by atoms with Crippen LogP contribution in [0.4, 0.5) is 15.6 Å². The Balaban J connectivity index is 1.27. The normalized spacial score (nSPS) is 13.7. The van der Waals surface area contributed by atoms with E-state index < -0.39 is 6.03 Å². The number of carbonyl (C=O) groups is 2. The lowest BCUT2D eigenvalue weighted by Crippen LogP contribution is -2.41. The number of aromatic amines is 1. The van der Waals surface area contributed by atoms with E-state index in [9.17, 15) is 9.59 Å². The number of benzene rings is 1. The average Bonchev–Trinajstić information content (AvgIpc) is 3.63. The van der Waals surface area contributed by atoms with Crippen LogP contribution in [0, 0.1) is 0 Å². The molecular weight excluding hydrogens is 524 g/mol. The van der Waals surface area contributed by atoms with Gasteiger partial charge in [-0.2, -0.15) is 5.10 Å². The van der Waals surface area contributed by atoms with Gasteiger partial charge in [-0.1, -0.05) is 11.3 Å². The fraction of sp³-hybridized carbons (Fsp3) is 0.320. The summed E-state index contributed by atoms with van der Waals surface area (Å²) >= 11 is 1.23. The monoisotopic (exact) mass is 552 g/mol. The number of hydrogen-bond acceptors (Lipinski definition) is 10. The van der Waals surface area contributed by atoms with E-state index >= 15 is 0 Å². The van der Waals surface area contributed by atoms with Gasteiger partial charge in [-0.15, -0.1) is 0 Å². The second kappa shape index (κ2) is 12.1. The van der Waals surface area contributed by atoms with Crippen LogP contribution in [0.1, 0.15) is 10.4 Å². The minimum atomic E-state index is -0.489. The zero-order valence-electron chi connectivity index (χ0n) is 21.4. The molecule has 1 aliphatic rings. The number of H-pyrrole nitrogens is 1. The second-order valence-electron chi connectivity index (χ2n) is 8.57. The van der Waals surface area contributed by atoms with Crippen molar-refractivity contribution in [2.24, 2.45) is 0 Å². The number of morpholine rings is 1. The fourth-order valence-corrected chi connectivity index (χ4v) is 4.87. The third kappa shape index (κ3) is 6.25. The molecule has 0 aliphatic carbocycles. The van der Waals surface area contributed by atoms with Gasteiger partial charge in [0.15, 0.2) is 10.8 Å². The Morgan fingerprint density at radius 2 is 1.97 bits per heavy atom. The van der Waals surface area contributed by atoms with Crippen molar-refractivity contribution in [2.45, 2.75) is 0 Å². The number of urea groups is 1. The zero-order chi connectivity index (χ0) is 27.2. The van der Waals surface area contributed by atoms with E-state index in [0.717, 1.165) is 19.6 Å². The summed E-state index contributed by atoms with van der Waals surface area (Å²) in [7, 11) is 3.06. The molecule has 4 aromatic rings. The number of carbonyl (C=O) groups excluding carboxylic acids is 2. The summed E-state index contributed by atoms with van der Waals surface area (Å²) in [5.41, 5.74) is 1.95. The largest absolute Gasteiger partial charge is 0.497 e. The van der Waals surface area contributed by atoms with E-state index in [1.54, 1.807) is 43.8 Å². The Kier molecular flexibility index (Phi) is 8.15. The lowest BCUT2D eigenvalue weighted by molar-refractivity contribution is 0.0383. The minimum Gasteiger partial charge on any atom is -0.497 e. The maximum atomic E-state index is 13.1. The smallest absolute Gasteiger partial charge is 0.325 e. The highest BCUT2D eigenvalue weighted by Crippen LogP contribution is 2.32. The zero-order valence-corrected chi connectivity index (χ0v) is 22.3. The maximum absolute atomic E-state index is 13.1. The molecule has 0 spiro atoms. The molecule has 3 aromatic heterocycles. The number of aromatic nitrogens is 4. The molecule has 1 aliphatic heterocycles. The first kappa shape index (κ1) is 26.3. The summed E-state index contributed by atoms with van der Waals surface area (Å²) in [5.74, 6) is 0.848. The molecule has 39 heavy (non-hydrogen) atoms. The first-order chi connectivity index (χ1) is 19.0. The van der Waals surface area contributed by atoms with Crippen LogP contribution in [0.15, 0.2) is 36.7 Å². The van der Waals surface area contributed by atoms with E-state index in [1.165, 1.54) is 18.4 Å². The van der Waals surface area contributed by atoms with Crippen LogP contribution in [-0.2, 0) is 4.74 Å². The van der Waals surface area contributed by atoms with Crippen LogP contribution in [0.2, 0.25) is 0 Å². The first-order valence-corrected chi connectivity index (χ1v) is 13.0. The van der Waals surface area contributed by atoms with E-state index in [4.69, 9.17) is 14.2 Å². The number of methoxy groups -OCH3 is 2. The number of thiazole rings is 1. The lowest BCUT2D eigenvalue weighted by Gasteiger charge is -2.26. The van der Waals surface area contributed by atoms with E-state index in [0.29, 0.717) is 69.2 Å². The van der Waals surface area contributed by atoms with Crippen LogP contribution >= 0.6 is 11.3 Å². The summed E-state index contributed by atoms with van der Waals surface area (Å²) in [4.78, 5) is 37.5. The quantitative estimate of drug-likeness (QED) is 0.245. The summed E-state index contributed by atoms with van der Waals surface area (Å²) in [6.45, 7) is 4.39. The van der Waals surface area contributed by atoms with Crippen molar-refractivity contribution in [3.05, 3.63) is 42.2 Å². The van der Waals surface area contributed by atoms with Gasteiger partial charge < -0.3 is 24.8 Å². The molecule has 1 saturated heterocycles. The van der Waals surface area contributed by atoms with Gasteiger partial charge in [0.25, 0.3) is 5.91 Å². The number of anilines is 2. The van der Waals surface area contributed by atoms with Gasteiger partial charge in [0, 0.05) is 38.4 Å². The Bertz CT molecular complexity index is 1470. The van der Waals surface area contributed by atoms with Crippen molar-refractivity contribution in [3.63, 3.8) is 0 Å². The number of nitrogens with zero attached hydrogens (tertiary/aromatic N) is 4. The Hall–Kier alpha value is -4.27. The molecule has 0 saturated carbocycles. The van der Waals surface area contributed by atoms with Crippen LogP contribution < -0.4 is 25.4 Å². The molecule has 1 aromatic carbocycles. The van der Waals surface area contributed by atoms with Crippen molar-refractivity contribution >= 4 is 45.1 Å². The highest BCUT2D eigenvalue weighted by Gasteiger charge is 2.18. The topological polar surface area (TPSA) is 156 Å². The van der Waals surface area contributed by atoms with Crippen molar-refractivity contribution < 1.29 is 23.8 Å². The predicted octanol–water partition coefficient (Wildman–Crippen LogP) is 2.80. The standard InChI is InChI=1S/C25H28N8O5S/c1-36-15-3-4-18(20(11-15)37-2)30-24(35)31-25-27-14-21(39-25)19-12-16(17-13-28-32-22(17)29-19)23(34)26-5-6-33-7-9-38-10-8-33/h3-4,11-14H,5-10H2,1-2H3,(H,26,34)(H,28,29,32)(H2,27,30,31,35). The number of nitrogens with one attached hydrogen (secondary N) is 4. The SMILES string of the molecule is COc1ccc(NC(=O)Nc2ncc(-c3cc(C(=O)NCCN4CCOCC4)c4cn[nH]c4n3)s2)c(OC)c1. The molecule has 4 N–H and O–H groups in total. The Morgan fingerprint density at radius 3 is 2.77 bits per heavy atom. The molecule has 3 amide bonds. The van der Waals surface area contributed by atoms with Crippen LogP contribution in [0.5, 0.6) is 11.5 Å². The molecule has 4 heterocycles. The molecule has 1 fully saturated rings. The average molecular weight is 553 g/mol. The van der Waals surface area contributed by atoms with E-state index in [1.807, 2.05) is 0 Å². The number of hydrogen-bond donors (Lipinski definition) is 4. The van der Waals surface area contributed by atoms with Gasteiger partial charge in [0.05, 0.1) is 60.8 Å². The lowest BCUT2D eigenvalue weighted by atomic mass is 10.1. The van der Waals surface area contributed by atoms with Crippen molar-refractivity contribution in [1.29, 1.82) is 0 Å². The maximum Gasteiger partial charge on any atom is 0.325 e. The summed E-state index contributed by atoms with van der Waals surface area (Å²) in [6.07, 6.45) is 3.18. The summed E-state index contributed by atoms with van der Waals surface area (Å²) < 4.78 is 15.9. The van der Waals surface area contributed by atoms with E-state index in [2.05, 4.69) is 41.0 Å². The minimum absolute atomic E-state index is 0.214. The number of pyridine rings is 1. The molecule has 0 atom stereocenters. The molecule has 5 rings (SSSR count). The predicted molar refractivity (Wildman–Crippen MR) is 147 cm³/mol. The van der Waals surface area contributed by atoms with Crippen molar-refractivity contribution in [2.75, 3.05) is 64.2 Å². The van der Waals surface area contributed by atoms with Crippen molar-refractivity contribution in [1.82, 2.24) is 30.4 Å². The van der Waals surface area contributed by atoms with Gasteiger partial charge in [0.1, 0.15) is 11.5 Å². The number of rotatable bonds is 9. The number of fused-ring (bicyclic) bond motifs is 1. The number of amides is 3. The van der Waals surface area contributed by atoms with Gasteiger partial charge in [-0.3, -0.25) is 20.1 Å². The molecule has 0 bridgehead atoms. The summed E-state index contributed by atoms with van der Waals surface area (Å²) in [5, 5.41) is 16.3. The van der Waals surface area contributed by atoms with Crippen molar-refractivity contribution in [3.8, 4) is 22.1 Å². The van der Waals surface area contributed by atoms with Gasteiger partial charge >= 0.3 is 6.03 Å². The van der Waals surface area contributed by atoms with Gasteiger partial charge in [0.2, 0.25) is 0 Å². The highest BCUT2D eigenvalue weighted by atomic mass is 32.1. The second-order valence-corrected chi connectivity index (χ2v) is 9.60. The third-order valence-corrected chi connectivity index (χ3v) is 7.06. The molecule has 0 unspecified atom stereocenters. The fourth-order valence-electron chi connectivity index (χ4n) is 4.09. The van der Waals surface area contributed by atoms with Gasteiger partial charge in [-0.25, -0.2) is 14.8 Å². The van der Waals surface area contributed by atoms with Crippen LogP contribution in [0.3, 0.4) is 0 Å². The molecular formula is C25H28N8O5S. The first-order valence-electron chi connectivity index (χ1n) is 12.2. The van der Waals surface area contributed by atoms with Crippen LogP contribution in [0.25, 0.3) is 21.6 Å². The molecule has 14 heteroatoms. The summed E-state index contributed by atoms with van der Waals surface area (Å²) in [6, 6.07) is 6.29. The molecule has 13 nitrogen and oxygen atoms in total. The third-order valence-electron chi connectivity index (χ3n) is 6.12. The number of ether oxygens (including phenoxy) is 3. The Labute approximate surface area is 227 Å². The highest BCUT2D eigenvalue weighted by molar-refractivity contribution is 7.19. The Morgan fingerprint density at radius 1 is 1.13 bits per heavy atom. The van der Waals surface area contributed by atoms with Crippen LogP contribution in [-0.4, -0.2) is 90.6 Å². The molecule has 204 valence electrons. The van der Waals surface area contributed by atoms with Gasteiger partial charge in [-0.05, 0) is 18.2 Å².